The van der Waals surface area contributed by atoms with E-state index in [9.17, 15) is 14.4 Å². The maximum atomic E-state index is 12.0. The summed E-state index contributed by atoms with van der Waals surface area (Å²) in [5.41, 5.74) is 1.97. The average molecular weight is 397 g/mol. The number of esters is 1. The first-order valence-electron chi connectivity index (χ1n) is 8.57. The Hall–Kier alpha value is -4.01. The number of nitrogens with one attached hydrogen (secondary N) is 3. The predicted octanol–water partition coefficient (Wildman–Crippen LogP) is 2.07. The highest BCUT2D eigenvalue weighted by Gasteiger charge is 2.08. The van der Waals surface area contributed by atoms with Crippen LogP contribution >= 0.6 is 0 Å². The first-order chi connectivity index (χ1) is 14.0. The molecule has 2 aromatic carbocycles. The van der Waals surface area contributed by atoms with E-state index >= 15 is 0 Å². The SMILES string of the molecule is COc1ccc(/C=C/C(=O)OCC(=O)Nc2ccc3[nH]c(=O)[nH]c3c2)c(OC)c1. The molecule has 0 saturated heterocycles. The van der Waals surface area contributed by atoms with E-state index in [2.05, 4.69) is 15.3 Å². The number of carbonyl (C=O) groups excluding carboxylic acids is 2. The maximum Gasteiger partial charge on any atom is 0.331 e. The van der Waals surface area contributed by atoms with E-state index in [0.29, 0.717) is 33.8 Å². The molecule has 1 heterocycles. The molecule has 0 bridgehead atoms. The normalized spacial score (nSPS) is 10.8. The molecule has 0 radical (unpaired) electrons. The Balaban J connectivity index is 1.55. The van der Waals surface area contributed by atoms with Gasteiger partial charge >= 0.3 is 11.7 Å². The molecule has 0 unspecified atom stereocenters. The third-order valence-corrected chi connectivity index (χ3v) is 3.98. The Morgan fingerprint density at radius 3 is 2.59 bits per heavy atom. The molecule has 3 N–H and O–H groups in total. The minimum absolute atomic E-state index is 0.335. The lowest BCUT2D eigenvalue weighted by atomic mass is 10.2. The lowest BCUT2D eigenvalue weighted by Gasteiger charge is -2.07. The molecule has 1 amide bonds. The van der Waals surface area contributed by atoms with E-state index in [1.807, 2.05) is 0 Å². The van der Waals surface area contributed by atoms with E-state index in [4.69, 9.17) is 14.2 Å². The molecule has 0 atom stereocenters. The van der Waals surface area contributed by atoms with E-state index < -0.39 is 18.5 Å². The monoisotopic (exact) mass is 397 g/mol. The van der Waals surface area contributed by atoms with Crippen molar-refractivity contribution in [3.8, 4) is 11.5 Å². The van der Waals surface area contributed by atoms with Crippen molar-refractivity contribution in [3.05, 3.63) is 58.5 Å². The third kappa shape index (κ3) is 5.04. The van der Waals surface area contributed by atoms with Gasteiger partial charge in [0.2, 0.25) is 0 Å². The standard InChI is InChI=1S/C20H19N3O6/c1-27-14-6-3-12(17(10-14)28-2)4-8-19(25)29-11-18(24)21-13-5-7-15-16(9-13)23-20(26)22-15/h3-10H,11H2,1-2H3,(H,21,24)(H2,22,23,26)/b8-4+. The smallest absolute Gasteiger partial charge is 0.331 e. The highest BCUT2D eigenvalue weighted by Crippen LogP contribution is 2.25. The Morgan fingerprint density at radius 1 is 1.03 bits per heavy atom. The van der Waals surface area contributed by atoms with Crippen LogP contribution in [0.2, 0.25) is 0 Å². The quantitative estimate of drug-likeness (QED) is 0.414. The van der Waals surface area contributed by atoms with Gasteiger partial charge < -0.3 is 29.5 Å². The molecule has 9 nitrogen and oxygen atoms in total. The van der Waals surface area contributed by atoms with Gasteiger partial charge in [-0.15, -0.1) is 0 Å². The number of benzene rings is 2. The van der Waals surface area contributed by atoms with Crippen molar-refractivity contribution in [3.63, 3.8) is 0 Å². The summed E-state index contributed by atoms with van der Waals surface area (Å²) < 4.78 is 15.3. The molecule has 0 saturated carbocycles. The molecule has 0 aliphatic carbocycles. The number of ether oxygens (including phenoxy) is 3. The van der Waals surface area contributed by atoms with Gasteiger partial charge in [-0.2, -0.15) is 0 Å². The number of hydrogen-bond donors (Lipinski definition) is 3. The van der Waals surface area contributed by atoms with E-state index in [1.54, 1.807) is 43.5 Å². The van der Waals surface area contributed by atoms with E-state index in [0.717, 1.165) is 0 Å². The van der Waals surface area contributed by atoms with Crippen LogP contribution in [0.1, 0.15) is 5.56 Å². The number of imidazole rings is 1. The van der Waals surface area contributed by atoms with Gasteiger partial charge in [0.1, 0.15) is 11.5 Å². The van der Waals surface area contributed by atoms with Crippen molar-refractivity contribution < 1.29 is 23.8 Å². The summed E-state index contributed by atoms with van der Waals surface area (Å²) in [6.07, 6.45) is 2.73. The topological polar surface area (TPSA) is 123 Å². The average Bonchev–Trinajstić information content (AvgIpc) is 3.09. The van der Waals surface area contributed by atoms with E-state index in [-0.39, 0.29) is 5.69 Å². The van der Waals surface area contributed by atoms with Crippen LogP contribution in [0.4, 0.5) is 5.69 Å². The Labute approximate surface area is 165 Å². The molecular formula is C20H19N3O6. The van der Waals surface area contributed by atoms with Crippen LogP contribution in [-0.4, -0.2) is 42.7 Å². The lowest BCUT2D eigenvalue weighted by Crippen LogP contribution is -2.20. The minimum Gasteiger partial charge on any atom is -0.497 e. The number of aromatic amines is 2. The molecule has 0 spiro atoms. The second-order valence-electron chi connectivity index (χ2n) is 5.94. The van der Waals surface area contributed by atoms with Gasteiger partial charge in [0, 0.05) is 23.4 Å². The fraction of sp³-hybridized carbons (Fsp3) is 0.150. The first kappa shape index (κ1) is 19.7. The molecule has 0 fully saturated rings. The number of amides is 1. The zero-order valence-corrected chi connectivity index (χ0v) is 15.8. The first-order valence-corrected chi connectivity index (χ1v) is 8.57. The van der Waals surface area contributed by atoms with Gasteiger partial charge in [-0.05, 0) is 36.4 Å². The number of methoxy groups -OCH3 is 2. The van der Waals surface area contributed by atoms with Crippen LogP contribution in [0, 0.1) is 0 Å². The summed E-state index contributed by atoms with van der Waals surface area (Å²) in [5.74, 6) is -0.0288. The Bertz CT molecular complexity index is 1130. The van der Waals surface area contributed by atoms with Crippen LogP contribution in [-0.2, 0) is 14.3 Å². The van der Waals surface area contributed by atoms with Crippen molar-refractivity contribution in [1.29, 1.82) is 0 Å². The second-order valence-corrected chi connectivity index (χ2v) is 5.94. The summed E-state index contributed by atoms with van der Waals surface area (Å²) in [7, 11) is 3.05. The summed E-state index contributed by atoms with van der Waals surface area (Å²) in [4.78, 5) is 40.3. The fourth-order valence-electron chi connectivity index (χ4n) is 2.61. The Kier molecular flexibility index (Phi) is 5.98. The molecular weight excluding hydrogens is 378 g/mol. The van der Waals surface area contributed by atoms with Gasteiger partial charge in [0.05, 0.1) is 25.3 Å². The molecule has 3 rings (SSSR count). The zero-order valence-electron chi connectivity index (χ0n) is 15.8. The predicted molar refractivity (Wildman–Crippen MR) is 107 cm³/mol. The van der Waals surface area contributed by atoms with E-state index in [1.165, 1.54) is 19.3 Å². The number of rotatable bonds is 7. The number of fused-ring (bicyclic) bond motifs is 1. The molecule has 29 heavy (non-hydrogen) atoms. The minimum atomic E-state index is -0.677. The number of carbonyl (C=O) groups is 2. The largest absolute Gasteiger partial charge is 0.497 e. The molecule has 1 aromatic heterocycles. The molecule has 150 valence electrons. The van der Waals surface area contributed by atoms with Crippen LogP contribution in [0.3, 0.4) is 0 Å². The van der Waals surface area contributed by atoms with Gasteiger partial charge in [0.15, 0.2) is 6.61 Å². The molecule has 0 aliphatic rings. The summed E-state index contributed by atoms with van der Waals surface area (Å²) in [6.45, 7) is -0.454. The van der Waals surface area contributed by atoms with Crippen molar-refractivity contribution in [2.75, 3.05) is 26.1 Å². The van der Waals surface area contributed by atoms with Crippen LogP contribution in [0.15, 0.2) is 47.3 Å². The fourth-order valence-corrected chi connectivity index (χ4v) is 2.61. The summed E-state index contributed by atoms with van der Waals surface area (Å²) in [5, 5.41) is 2.59. The van der Waals surface area contributed by atoms with Crippen molar-refractivity contribution in [2.24, 2.45) is 0 Å². The zero-order chi connectivity index (χ0) is 20.8. The van der Waals surface area contributed by atoms with Gasteiger partial charge in [-0.25, -0.2) is 9.59 Å². The lowest BCUT2D eigenvalue weighted by molar-refractivity contribution is -0.142. The van der Waals surface area contributed by atoms with Crippen LogP contribution in [0.5, 0.6) is 11.5 Å². The van der Waals surface area contributed by atoms with Gasteiger partial charge in [-0.3, -0.25) is 4.79 Å². The van der Waals surface area contributed by atoms with Gasteiger partial charge in [0.25, 0.3) is 5.91 Å². The third-order valence-electron chi connectivity index (χ3n) is 3.98. The summed E-state index contributed by atoms with van der Waals surface area (Å²) >= 11 is 0. The second kappa shape index (κ2) is 8.79. The van der Waals surface area contributed by atoms with Gasteiger partial charge in [-0.1, -0.05) is 0 Å². The van der Waals surface area contributed by atoms with Crippen LogP contribution < -0.4 is 20.5 Å². The molecule has 9 heteroatoms. The number of H-pyrrole nitrogens is 2. The number of hydrogen-bond acceptors (Lipinski definition) is 6. The molecule has 3 aromatic rings. The molecule has 0 aliphatic heterocycles. The number of anilines is 1. The highest BCUT2D eigenvalue weighted by molar-refractivity contribution is 5.96. The highest BCUT2D eigenvalue weighted by atomic mass is 16.5. The van der Waals surface area contributed by atoms with Crippen LogP contribution in [0.25, 0.3) is 17.1 Å². The summed E-state index contributed by atoms with van der Waals surface area (Å²) in [6, 6.07) is 10.0. The van der Waals surface area contributed by atoms with Crippen molar-refractivity contribution in [2.45, 2.75) is 0 Å². The van der Waals surface area contributed by atoms with Crippen molar-refractivity contribution in [1.82, 2.24) is 9.97 Å². The maximum absolute atomic E-state index is 12.0. The number of aromatic nitrogens is 2. The van der Waals surface area contributed by atoms with Crippen molar-refractivity contribution >= 4 is 34.7 Å². The Morgan fingerprint density at radius 2 is 1.83 bits per heavy atom.